The minimum Gasteiger partial charge on any atom is -0.271 e. The Balaban J connectivity index is 2.44. The monoisotopic (exact) mass is 224 g/mol. The first-order chi connectivity index (χ1) is 7.77. The predicted molar refractivity (Wildman–Crippen MR) is 71.0 cm³/mol. The van der Waals surface area contributed by atoms with Crippen LogP contribution in [0.15, 0.2) is 12.2 Å². The normalized spacial score (nSPS) is 21.1. The fourth-order valence-corrected chi connectivity index (χ4v) is 2.71. The van der Waals surface area contributed by atoms with E-state index in [0.29, 0.717) is 6.04 Å². The molecule has 1 unspecified atom stereocenters. The lowest BCUT2D eigenvalue weighted by atomic mass is 9.83. The van der Waals surface area contributed by atoms with Crippen molar-refractivity contribution in [2.45, 2.75) is 70.8 Å². The van der Waals surface area contributed by atoms with E-state index in [1.165, 1.54) is 50.5 Å². The van der Waals surface area contributed by atoms with E-state index < -0.39 is 0 Å². The van der Waals surface area contributed by atoms with Crippen LogP contribution >= 0.6 is 0 Å². The summed E-state index contributed by atoms with van der Waals surface area (Å²) in [5.41, 5.74) is 4.35. The number of hydrogen-bond donors (Lipinski definition) is 2. The van der Waals surface area contributed by atoms with Crippen LogP contribution in [0, 0.1) is 5.92 Å². The first kappa shape index (κ1) is 13.7. The van der Waals surface area contributed by atoms with Gasteiger partial charge in [0.2, 0.25) is 0 Å². The van der Waals surface area contributed by atoms with Gasteiger partial charge in [0.1, 0.15) is 0 Å². The van der Waals surface area contributed by atoms with Crippen molar-refractivity contribution in [2.24, 2.45) is 11.8 Å². The molecule has 0 radical (unpaired) electrons. The number of hydrazine groups is 1. The molecule has 94 valence electrons. The summed E-state index contributed by atoms with van der Waals surface area (Å²) in [6, 6.07) is 0.450. The fourth-order valence-electron chi connectivity index (χ4n) is 2.71. The first-order valence-electron chi connectivity index (χ1n) is 6.90. The molecule has 2 heteroatoms. The van der Waals surface area contributed by atoms with E-state index in [0.717, 1.165) is 18.8 Å². The van der Waals surface area contributed by atoms with Gasteiger partial charge in [0.15, 0.2) is 0 Å². The molecule has 3 N–H and O–H groups in total. The van der Waals surface area contributed by atoms with E-state index in [-0.39, 0.29) is 0 Å². The Bertz CT molecular complexity index is 193. The zero-order valence-electron chi connectivity index (χ0n) is 10.8. The van der Waals surface area contributed by atoms with Crippen LogP contribution in [0.5, 0.6) is 0 Å². The van der Waals surface area contributed by atoms with Crippen LogP contribution in [0.4, 0.5) is 0 Å². The highest BCUT2D eigenvalue weighted by atomic mass is 15.2. The zero-order valence-corrected chi connectivity index (χ0v) is 10.8. The summed E-state index contributed by atoms with van der Waals surface area (Å²) in [5.74, 6) is 6.46. The minimum absolute atomic E-state index is 0.450. The first-order valence-corrected chi connectivity index (χ1v) is 6.90. The molecule has 0 bridgehead atoms. The van der Waals surface area contributed by atoms with E-state index in [4.69, 9.17) is 5.84 Å². The zero-order chi connectivity index (χ0) is 11.8. The second kappa shape index (κ2) is 7.86. The van der Waals surface area contributed by atoms with Crippen LogP contribution in [0.25, 0.3) is 0 Å². The van der Waals surface area contributed by atoms with Crippen molar-refractivity contribution in [2.75, 3.05) is 0 Å². The molecule has 0 aromatic carbocycles. The summed E-state index contributed by atoms with van der Waals surface area (Å²) in [5, 5.41) is 0. The third kappa shape index (κ3) is 4.67. The van der Waals surface area contributed by atoms with Gasteiger partial charge in [-0.25, -0.2) is 0 Å². The van der Waals surface area contributed by atoms with E-state index in [1.807, 2.05) is 0 Å². The molecule has 1 rings (SSSR count). The molecule has 0 spiro atoms. The number of nitrogens with one attached hydrogen (secondary N) is 1. The van der Waals surface area contributed by atoms with E-state index in [1.54, 1.807) is 0 Å². The van der Waals surface area contributed by atoms with Gasteiger partial charge in [-0.3, -0.25) is 11.3 Å². The lowest BCUT2D eigenvalue weighted by Crippen LogP contribution is -2.41. The molecule has 0 amide bonds. The summed E-state index contributed by atoms with van der Waals surface area (Å²) in [7, 11) is 0. The molecule has 0 aliphatic heterocycles. The number of hydrogen-bond acceptors (Lipinski definition) is 2. The van der Waals surface area contributed by atoms with Crippen molar-refractivity contribution in [3.05, 3.63) is 12.2 Å². The summed E-state index contributed by atoms with van der Waals surface area (Å²) < 4.78 is 0. The Kier molecular flexibility index (Phi) is 6.74. The number of rotatable bonds is 5. The van der Waals surface area contributed by atoms with Crippen molar-refractivity contribution < 1.29 is 0 Å². The van der Waals surface area contributed by atoms with Crippen LogP contribution < -0.4 is 11.3 Å². The van der Waals surface area contributed by atoms with Crippen molar-refractivity contribution in [1.29, 1.82) is 0 Å². The molecule has 0 heterocycles. The summed E-state index contributed by atoms with van der Waals surface area (Å²) in [6.45, 7) is 6.28. The molecule has 1 fully saturated rings. The van der Waals surface area contributed by atoms with E-state index in [9.17, 15) is 0 Å². The summed E-state index contributed by atoms with van der Waals surface area (Å²) in [4.78, 5) is 0. The smallest absolute Gasteiger partial charge is 0.0275 e. The molecule has 0 saturated heterocycles. The van der Waals surface area contributed by atoms with E-state index in [2.05, 4.69) is 18.9 Å². The molecule has 2 nitrogen and oxygen atoms in total. The van der Waals surface area contributed by atoms with Gasteiger partial charge in [0.25, 0.3) is 0 Å². The highest BCUT2D eigenvalue weighted by Crippen LogP contribution is 2.27. The minimum atomic E-state index is 0.450. The van der Waals surface area contributed by atoms with Crippen LogP contribution in [-0.2, 0) is 0 Å². The van der Waals surface area contributed by atoms with E-state index >= 15 is 0 Å². The molecular weight excluding hydrogens is 196 g/mol. The van der Waals surface area contributed by atoms with Gasteiger partial charge in [0.05, 0.1) is 0 Å². The summed E-state index contributed by atoms with van der Waals surface area (Å²) >= 11 is 0. The van der Waals surface area contributed by atoms with Crippen LogP contribution in [-0.4, -0.2) is 6.04 Å². The second-order valence-electron chi connectivity index (χ2n) is 5.19. The van der Waals surface area contributed by atoms with Crippen molar-refractivity contribution in [3.8, 4) is 0 Å². The van der Waals surface area contributed by atoms with Gasteiger partial charge < -0.3 is 0 Å². The Labute approximate surface area is 101 Å². The molecule has 1 aliphatic carbocycles. The second-order valence-corrected chi connectivity index (χ2v) is 5.19. The maximum Gasteiger partial charge on any atom is 0.0275 e. The molecular formula is C14H28N2. The molecule has 1 aliphatic rings. The highest BCUT2D eigenvalue weighted by molar-refractivity contribution is 4.97. The molecule has 1 atom stereocenters. The third-order valence-electron chi connectivity index (χ3n) is 3.94. The van der Waals surface area contributed by atoms with Gasteiger partial charge in [-0.1, -0.05) is 51.2 Å². The van der Waals surface area contributed by atoms with Gasteiger partial charge in [-0.05, 0) is 31.6 Å². The topological polar surface area (TPSA) is 38.0 Å². The standard InChI is InChI=1S/C14H28N2/c1-3-12(2)11-14(16-15)13-9-7-5-4-6-8-10-13/h13-14,16H,2-11,15H2,1H3. The van der Waals surface area contributed by atoms with Gasteiger partial charge in [-0.15, -0.1) is 0 Å². The van der Waals surface area contributed by atoms with Crippen molar-refractivity contribution in [1.82, 2.24) is 5.43 Å². The van der Waals surface area contributed by atoms with Gasteiger partial charge in [0, 0.05) is 6.04 Å². The Morgan fingerprint density at radius 3 is 2.31 bits per heavy atom. The SMILES string of the molecule is C=C(CC)CC(NN)C1CCCCCCC1. The molecule has 16 heavy (non-hydrogen) atoms. The van der Waals surface area contributed by atoms with Crippen LogP contribution in [0.1, 0.15) is 64.7 Å². The Morgan fingerprint density at radius 2 is 1.81 bits per heavy atom. The average molecular weight is 224 g/mol. The largest absolute Gasteiger partial charge is 0.271 e. The van der Waals surface area contributed by atoms with Crippen LogP contribution in [0.2, 0.25) is 0 Å². The van der Waals surface area contributed by atoms with Gasteiger partial charge >= 0.3 is 0 Å². The maximum atomic E-state index is 5.71. The molecule has 0 aromatic heterocycles. The van der Waals surface area contributed by atoms with Gasteiger partial charge in [-0.2, -0.15) is 0 Å². The van der Waals surface area contributed by atoms with Crippen LogP contribution in [0.3, 0.4) is 0 Å². The lowest BCUT2D eigenvalue weighted by molar-refractivity contribution is 0.284. The van der Waals surface area contributed by atoms with Crippen molar-refractivity contribution >= 4 is 0 Å². The average Bonchev–Trinajstić information content (AvgIpc) is 2.26. The lowest BCUT2D eigenvalue weighted by Gasteiger charge is -2.28. The quantitative estimate of drug-likeness (QED) is 0.426. The summed E-state index contributed by atoms with van der Waals surface area (Å²) in [6.07, 6.45) is 11.8. The third-order valence-corrected chi connectivity index (χ3v) is 3.94. The van der Waals surface area contributed by atoms with Crippen molar-refractivity contribution in [3.63, 3.8) is 0 Å². The Morgan fingerprint density at radius 1 is 1.25 bits per heavy atom. The maximum absolute atomic E-state index is 5.71. The highest BCUT2D eigenvalue weighted by Gasteiger charge is 2.21. The predicted octanol–water partition coefficient (Wildman–Crippen LogP) is 3.54. The molecule has 1 saturated carbocycles. The number of nitrogens with two attached hydrogens (primary N) is 1. The fraction of sp³-hybridized carbons (Fsp3) is 0.857. The molecule has 0 aromatic rings. The Hall–Kier alpha value is -0.340.